The lowest BCUT2D eigenvalue weighted by atomic mass is 9.99. The Morgan fingerprint density at radius 2 is 2.09 bits per heavy atom. The zero-order valence-corrected chi connectivity index (χ0v) is 19.9. The van der Waals surface area contributed by atoms with Gasteiger partial charge in [-0.3, -0.25) is 9.48 Å². The van der Waals surface area contributed by atoms with Gasteiger partial charge in [0.25, 0.3) is 5.91 Å². The van der Waals surface area contributed by atoms with Gasteiger partial charge in [-0.05, 0) is 67.0 Å². The molecule has 1 aliphatic carbocycles. The third kappa shape index (κ3) is 3.76. The largest absolute Gasteiger partial charge is 0.360 e. The molecule has 1 aliphatic rings. The molecule has 8 heteroatoms. The maximum atomic E-state index is 12.8. The van der Waals surface area contributed by atoms with Crippen molar-refractivity contribution >= 4 is 34.1 Å². The molecule has 0 unspecified atom stereocenters. The van der Waals surface area contributed by atoms with Gasteiger partial charge in [0.1, 0.15) is 5.65 Å². The lowest BCUT2D eigenvalue weighted by Crippen LogP contribution is -2.23. The van der Waals surface area contributed by atoms with Crippen LogP contribution in [0.3, 0.4) is 0 Å². The SMILES string of the molecule is Cc1cc2[nH]cc(Cl)c2c(C)c1CNC(=O)c1cnn(Cc2cn3cc(C4CC4)ccc3n2)c1. The summed E-state index contributed by atoms with van der Waals surface area (Å²) in [6, 6.07) is 6.31. The van der Waals surface area contributed by atoms with E-state index in [0.717, 1.165) is 38.9 Å². The number of halogens is 1. The van der Waals surface area contributed by atoms with Gasteiger partial charge in [0, 0.05) is 42.2 Å². The van der Waals surface area contributed by atoms with E-state index in [2.05, 4.69) is 44.2 Å². The van der Waals surface area contributed by atoms with Gasteiger partial charge in [0.15, 0.2) is 0 Å². The third-order valence-corrected chi connectivity index (χ3v) is 7.04. The number of aryl methyl sites for hydroxylation is 2. The summed E-state index contributed by atoms with van der Waals surface area (Å²) in [4.78, 5) is 20.7. The molecule has 0 saturated heterocycles. The summed E-state index contributed by atoms with van der Waals surface area (Å²) in [5.74, 6) is 0.548. The summed E-state index contributed by atoms with van der Waals surface area (Å²) in [6.45, 7) is 5.02. The van der Waals surface area contributed by atoms with Crippen LogP contribution in [-0.4, -0.2) is 30.1 Å². The number of fused-ring (bicyclic) bond motifs is 2. The molecule has 5 aromatic rings. The number of aromatic nitrogens is 5. The fourth-order valence-corrected chi connectivity index (χ4v) is 5.03. The Bertz CT molecular complexity index is 1550. The molecule has 1 saturated carbocycles. The van der Waals surface area contributed by atoms with Gasteiger partial charge in [-0.2, -0.15) is 5.10 Å². The number of aromatic amines is 1. The van der Waals surface area contributed by atoms with E-state index < -0.39 is 0 Å². The fraction of sp³-hybridized carbons (Fsp3) is 0.269. The monoisotopic (exact) mass is 472 g/mol. The predicted octanol–water partition coefficient (Wildman–Crippen LogP) is 5.14. The number of hydrogen-bond donors (Lipinski definition) is 2. The van der Waals surface area contributed by atoms with Crippen molar-refractivity contribution in [3.05, 3.63) is 87.7 Å². The first-order valence-electron chi connectivity index (χ1n) is 11.5. The molecule has 4 heterocycles. The Hall–Kier alpha value is -3.58. The number of imidazole rings is 1. The average molecular weight is 473 g/mol. The number of benzene rings is 1. The molecule has 6 rings (SSSR count). The Morgan fingerprint density at radius 3 is 2.91 bits per heavy atom. The Balaban J connectivity index is 1.15. The van der Waals surface area contributed by atoms with E-state index in [1.54, 1.807) is 23.3 Å². The van der Waals surface area contributed by atoms with Crippen LogP contribution in [0.4, 0.5) is 0 Å². The molecule has 34 heavy (non-hydrogen) atoms. The normalized spacial score (nSPS) is 13.7. The summed E-state index contributed by atoms with van der Waals surface area (Å²) in [5.41, 5.74) is 8.00. The number of H-pyrrole nitrogens is 1. The molecule has 172 valence electrons. The molecule has 2 N–H and O–H groups in total. The van der Waals surface area contributed by atoms with Crippen LogP contribution < -0.4 is 5.32 Å². The third-order valence-electron chi connectivity index (χ3n) is 6.74. The minimum Gasteiger partial charge on any atom is -0.360 e. The smallest absolute Gasteiger partial charge is 0.254 e. The van der Waals surface area contributed by atoms with E-state index in [0.29, 0.717) is 29.6 Å². The molecule has 0 atom stereocenters. The maximum Gasteiger partial charge on any atom is 0.254 e. The topological polar surface area (TPSA) is 80.0 Å². The zero-order valence-electron chi connectivity index (χ0n) is 19.1. The Kier molecular flexibility index (Phi) is 4.95. The van der Waals surface area contributed by atoms with E-state index in [9.17, 15) is 4.79 Å². The molecular weight excluding hydrogens is 448 g/mol. The van der Waals surface area contributed by atoms with E-state index in [1.165, 1.54) is 18.4 Å². The highest BCUT2D eigenvalue weighted by Crippen LogP contribution is 2.39. The first-order chi connectivity index (χ1) is 16.5. The first kappa shape index (κ1) is 21.0. The van der Waals surface area contributed by atoms with Crippen molar-refractivity contribution < 1.29 is 4.79 Å². The van der Waals surface area contributed by atoms with Gasteiger partial charge < -0.3 is 14.7 Å². The molecule has 1 aromatic carbocycles. The highest BCUT2D eigenvalue weighted by atomic mass is 35.5. The van der Waals surface area contributed by atoms with Crippen LogP contribution in [-0.2, 0) is 13.1 Å². The Morgan fingerprint density at radius 1 is 1.24 bits per heavy atom. The highest BCUT2D eigenvalue weighted by molar-refractivity contribution is 6.35. The first-order valence-corrected chi connectivity index (χ1v) is 11.9. The zero-order chi connectivity index (χ0) is 23.4. The quantitative estimate of drug-likeness (QED) is 0.359. The van der Waals surface area contributed by atoms with Crippen LogP contribution in [0.1, 0.15) is 57.1 Å². The number of carbonyl (C=O) groups is 1. The number of hydrogen-bond acceptors (Lipinski definition) is 3. The van der Waals surface area contributed by atoms with Gasteiger partial charge in [0.05, 0.1) is 29.0 Å². The second-order valence-corrected chi connectivity index (χ2v) is 9.61. The van der Waals surface area contributed by atoms with Crippen LogP contribution in [0.5, 0.6) is 0 Å². The minimum atomic E-state index is -0.158. The highest BCUT2D eigenvalue weighted by Gasteiger charge is 2.23. The summed E-state index contributed by atoms with van der Waals surface area (Å²) < 4.78 is 3.83. The number of pyridine rings is 1. The molecule has 0 radical (unpaired) electrons. The van der Waals surface area contributed by atoms with Crippen LogP contribution in [0.15, 0.2) is 49.2 Å². The van der Waals surface area contributed by atoms with Crippen molar-refractivity contribution in [3.63, 3.8) is 0 Å². The van der Waals surface area contributed by atoms with Crippen LogP contribution in [0.2, 0.25) is 5.02 Å². The second kappa shape index (κ2) is 8.02. The maximum absolute atomic E-state index is 12.8. The summed E-state index contributed by atoms with van der Waals surface area (Å²) >= 11 is 6.34. The predicted molar refractivity (Wildman–Crippen MR) is 132 cm³/mol. The van der Waals surface area contributed by atoms with Crippen molar-refractivity contribution in [1.82, 2.24) is 29.5 Å². The lowest BCUT2D eigenvalue weighted by molar-refractivity contribution is 0.0950. The lowest BCUT2D eigenvalue weighted by Gasteiger charge is -2.12. The standard InChI is InChI=1S/C26H25ClN6O/c1-15-7-23-25(22(27)10-28-23)16(2)21(15)9-29-26(34)19-8-30-33(12-19)14-20-13-32-11-18(17-3-4-17)5-6-24(32)31-20/h5-8,10-13,17,28H,3-4,9,14H2,1-2H3,(H,29,34). The molecule has 1 amide bonds. The van der Waals surface area contributed by atoms with Crippen molar-refractivity contribution in [2.75, 3.05) is 0 Å². The molecule has 0 spiro atoms. The van der Waals surface area contributed by atoms with Gasteiger partial charge >= 0.3 is 0 Å². The molecule has 0 aliphatic heterocycles. The van der Waals surface area contributed by atoms with Crippen molar-refractivity contribution in [2.24, 2.45) is 0 Å². The van der Waals surface area contributed by atoms with E-state index in [1.807, 2.05) is 20.0 Å². The summed E-state index contributed by atoms with van der Waals surface area (Å²) in [6.07, 6.45) is 11.9. The number of nitrogens with zero attached hydrogens (tertiary/aromatic N) is 4. The van der Waals surface area contributed by atoms with Crippen LogP contribution in [0, 0.1) is 13.8 Å². The molecule has 4 aromatic heterocycles. The number of rotatable bonds is 6. The van der Waals surface area contributed by atoms with Crippen molar-refractivity contribution in [3.8, 4) is 0 Å². The Labute approximate surface area is 201 Å². The molecular formula is C26H25ClN6O. The number of amides is 1. The van der Waals surface area contributed by atoms with Crippen molar-refractivity contribution in [1.29, 1.82) is 0 Å². The summed E-state index contributed by atoms with van der Waals surface area (Å²) in [7, 11) is 0. The summed E-state index contributed by atoms with van der Waals surface area (Å²) in [5, 5.41) is 9.10. The van der Waals surface area contributed by atoms with E-state index >= 15 is 0 Å². The number of nitrogens with one attached hydrogen (secondary N) is 2. The van der Waals surface area contributed by atoms with E-state index in [4.69, 9.17) is 16.6 Å². The van der Waals surface area contributed by atoms with Crippen molar-refractivity contribution in [2.45, 2.75) is 45.7 Å². The average Bonchev–Trinajstić information content (AvgIpc) is 3.25. The number of carbonyl (C=O) groups excluding carboxylic acids is 1. The van der Waals surface area contributed by atoms with E-state index in [-0.39, 0.29) is 5.91 Å². The van der Waals surface area contributed by atoms with Crippen LogP contribution >= 0.6 is 11.6 Å². The van der Waals surface area contributed by atoms with Gasteiger partial charge in [-0.1, -0.05) is 17.7 Å². The van der Waals surface area contributed by atoms with Gasteiger partial charge in [0.2, 0.25) is 0 Å². The minimum absolute atomic E-state index is 0.158. The molecule has 7 nitrogen and oxygen atoms in total. The van der Waals surface area contributed by atoms with Gasteiger partial charge in [-0.25, -0.2) is 4.98 Å². The van der Waals surface area contributed by atoms with Gasteiger partial charge in [-0.15, -0.1) is 0 Å². The van der Waals surface area contributed by atoms with Crippen LogP contribution in [0.25, 0.3) is 16.6 Å². The fourth-order valence-electron chi connectivity index (χ4n) is 4.73. The molecule has 0 bridgehead atoms. The second-order valence-electron chi connectivity index (χ2n) is 9.20. The molecule has 1 fully saturated rings.